The van der Waals surface area contributed by atoms with Crippen LogP contribution in [-0.4, -0.2) is 19.8 Å². The maximum absolute atomic E-state index is 4.28. The Morgan fingerprint density at radius 2 is 1.36 bits per heavy atom. The molecule has 0 saturated carbocycles. The van der Waals surface area contributed by atoms with Gasteiger partial charge < -0.3 is 9.88 Å². The zero-order valence-corrected chi connectivity index (χ0v) is 45.2. The number of benzene rings is 7. The molecule has 4 aliphatic rings. The van der Waals surface area contributed by atoms with Crippen molar-refractivity contribution in [3.63, 3.8) is 0 Å². The van der Waals surface area contributed by atoms with Gasteiger partial charge in [0, 0.05) is 56.0 Å². The van der Waals surface area contributed by atoms with Crippen LogP contribution in [0.25, 0.3) is 64.4 Å². The fourth-order valence-electron chi connectivity index (χ4n) is 14.1. The first-order chi connectivity index (χ1) is 36.2. The number of para-hydroxylation sites is 1. The lowest BCUT2D eigenvalue weighted by molar-refractivity contribution is 0.406. The Kier molecular flexibility index (Phi) is 11.1. The van der Waals surface area contributed by atoms with Crippen LogP contribution in [0.2, 0.25) is 0 Å². The van der Waals surface area contributed by atoms with Crippen molar-refractivity contribution in [1.82, 2.24) is 9.88 Å². The first-order valence-corrected chi connectivity index (χ1v) is 30.3. The number of fused-ring (bicyclic) bond motifs is 10. The van der Waals surface area contributed by atoms with E-state index in [4.69, 9.17) is 0 Å². The van der Waals surface area contributed by atoms with Crippen LogP contribution in [0.4, 0.5) is 5.69 Å². The predicted molar refractivity (Wildman–Crippen MR) is 323 cm³/mol. The molecule has 3 nitrogen and oxygen atoms in total. The number of hydrogen-bond donors (Lipinski definition) is 2. The molecule has 14 rings (SSSR count). The highest BCUT2D eigenvalue weighted by Gasteiger charge is 2.55. The number of anilines is 1. The van der Waals surface area contributed by atoms with Gasteiger partial charge in [-0.25, -0.2) is 0 Å². The summed E-state index contributed by atoms with van der Waals surface area (Å²) in [6.45, 7) is 10.2. The van der Waals surface area contributed by atoms with Gasteiger partial charge in [0.05, 0.1) is 11.6 Å². The summed E-state index contributed by atoms with van der Waals surface area (Å²) in [5.74, 6) is 2.23. The fourth-order valence-corrected chi connectivity index (χ4v) is 22.5. The molecular formula is C68H63N3S3. The van der Waals surface area contributed by atoms with Crippen LogP contribution in [0.15, 0.2) is 193 Å². The Labute approximate surface area is 445 Å². The fraction of sp³-hybridized carbons (Fsp3) is 0.235. The monoisotopic (exact) mass is 1020 g/mol. The van der Waals surface area contributed by atoms with E-state index in [0.29, 0.717) is 11.8 Å². The van der Waals surface area contributed by atoms with Gasteiger partial charge in [-0.3, -0.25) is 5.32 Å². The maximum atomic E-state index is 4.28. The van der Waals surface area contributed by atoms with Crippen molar-refractivity contribution in [2.75, 3.05) is 11.1 Å². The van der Waals surface area contributed by atoms with Gasteiger partial charge in [-0.1, -0.05) is 153 Å². The lowest BCUT2D eigenvalue weighted by Gasteiger charge is -2.64. The van der Waals surface area contributed by atoms with Crippen LogP contribution in [0.5, 0.6) is 0 Å². The Hall–Kier alpha value is -6.41. The van der Waals surface area contributed by atoms with Gasteiger partial charge in [-0.15, -0.1) is 22.7 Å². The molecule has 0 bridgehead atoms. The lowest BCUT2D eigenvalue weighted by Crippen LogP contribution is -2.49. The minimum Gasteiger partial charge on any atom is -0.352 e. The number of hydrogen-bond acceptors (Lipinski definition) is 4. The van der Waals surface area contributed by atoms with E-state index in [0.717, 1.165) is 31.4 Å². The number of rotatable bonds is 9. The van der Waals surface area contributed by atoms with Crippen molar-refractivity contribution < 1.29 is 0 Å². The normalized spacial score (nSPS) is 24.4. The van der Waals surface area contributed by atoms with Crippen LogP contribution in [0, 0.1) is 5.92 Å². The van der Waals surface area contributed by atoms with Crippen molar-refractivity contribution in [2.24, 2.45) is 5.92 Å². The summed E-state index contributed by atoms with van der Waals surface area (Å²) in [7, 11) is -1.66. The molecule has 7 atom stereocenters. The number of thiophene rings is 2. The van der Waals surface area contributed by atoms with E-state index in [9.17, 15) is 0 Å². The van der Waals surface area contributed by atoms with Crippen LogP contribution in [0.1, 0.15) is 104 Å². The summed E-state index contributed by atoms with van der Waals surface area (Å²) < 4.78 is 6.47. The third-order valence-corrected chi connectivity index (χ3v) is 25.5. The Morgan fingerprint density at radius 1 is 0.635 bits per heavy atom. The summed E-state index contributed by atoms with van der Waals surface area (Å²) in [6.07, 6.45) is 20.3. The Morgan fingerprint density at radius 3 is 2.22 bits per heavy atom. The van der Waals surface area contributed by atoms with Gasteiger partial charge in [0.25, 0.3) is 0 Å². The second-order valence-corrected chi connectivity index (χ2v) is 28.6. The van der Waals surface area contributed by atoms with Gasteiger partial charge in [0.2, 0.25) is 0 Å². The number of nitrogens with one attached hydrogen (secondary N) is 2. The number of nitrogens with zero attached hydrogens (tertiary/aromatic N) is 1. The first-order valence-electron chi connectivity index (χ1n) is 26.9. The molecule has 368 valence electrons. The average molecular weight is 1020 g/mol. The molecule has 10 aromatic rings. The standard InChI is InChI=1S/C68H63N3S3/c1-44-17-16-36-67(3,42-44)74(50-21-9-6-10-22-50,38-35-46-19-7-5-8-20-46)68(4)37-34-59-56(43-68)53-39-47(48-29-32-61-54(40-48)51-23-12-14-26-60(51)72-61)28-31-58(53)71(59)66-69-57-25-13-11-24-52(57)65(70-66)49-30-33-62-55(41-49)64-45(2)18-15-27-63(64)73-62/h5-16,19-34,36-37,39-41,44-45,65-66,69-70H,17-18,35,38,42-43H2,1-4H3. The number of aryl methyl sites for hydroxylation is 1. The minimum absolute atomic E-state index is 0.0163. The average Bonchev–Trinajstić information content (AvgIpc) is 4.11. The second-order valence-electron chi connectivity index (χ2n) is 22.3. The molecular weight excluding hydrogens is 955 g/mol. The summed E-state index contributed by atoms with van der Waals surface area (Å²) in [5, 5.41) is 13.8. The largest absolute Gasteiger partial charge is 0.352 e. The quantitative estimate of drug-likeness (QED) is 0.141. The van der Waals surface area contributed by atoms with E-state index >= 15 is 0 Å². The smallest absolute Gasteiger partial charge is 0.160 e. The van der Waals surface area contributed by atoms with Gasteiger partial charge in [0.15, 0.2) is 6.29 Å². The van der Waals surface area contributed by atoms with E-state index in [-0.39, 0.29) is 21.8 Å². The molecule has 6 heteroatoms. The van der Waals surface area contributed by atoms with Crippen molar-refractivity contribution in [3.05, 3.63) is 226 Å². The third-order valence-electron chi connectivity index (χ3n) is 17.5. The molecule has 1 aliphatic heterocycles. The number of allylic oxidation sites excluding steroid dienone is 2. The zero-order valence-electron chi connectivity index (χ0n) is 42.8. The maximum Gasteiger partial charge on any atom is 0.160 e. The van der Waals surface area contributed by atoms with E-state index in [1.54, 1.807) is 0 Å². The van der Waals surface area contributed by atoms with E-state index < -0.39 is 10.0 Å². The van der Waals surface area contributed by atoms with Crippen molar-refractivity contribution in [2.45, 2.75) is 92.4 Å². The van der Waals surface area contributed by atoms with E-state index in [2.05, 4.69) is 243 Å². The first kappa shape index (κ1) is 46.1. The molecule has 3 aromatic heterocycles. The molecule has 0 fully saturated rings. The van der Waals surface area contributed by atoms with Gasteiger partial charge >= 0.3 is 0 Å². The molecule has 0 spiro atoms. The summed E-state index contributed by atoms with van der Waals surface area (Å²) >= 11 is 3.83. The van der Waals surface area contributed by atoms with E-state index in [1.807, 2.05) is 22.7 Å². The minimum atomic E-state index is -1.66. The molecule has 4 heterocycles. The Bertz CT molecular complexity index is 3910. The molecule has 7 aromatic carbocycles. The number of aromatic nitrogens is 1. The third kappa shape index (κ3) is 7.30. The Balaban J connectivity index is 0.963. The second kappa shape index (κ2) is 17.9. The molecule has 0 saturated heterocycles. The van der Waals surface area contributed by atoms with Crippen molar-refractivity contribution in [1.29, 1.82) is 0 Å². The van der Waals surface area contributed by atoms with Crippen LogP contribution in [0.3, 0.4) is 0 Å². The van der Waals surface area contributed by atoms with Crippen LogP contribution in [-0.2, 0) is 12.8 Å². The van der Waals surface area contributed by atoms with Gasteiger partial charge in [-0.2, -0.15) is 10.0 Å². The molecule has 74 heavy (non-hydrogen) atoms. The van der Waals surface area contributed by atoms with E-state index in [1.165, 1.54) is 108 Å². The molecule has 0 radical (unpaired) electrons. The van der Waals surface area contributed by atoms with Gasteiger partial charge in [0.1, 0.15) is 0 Å². The van der Waals surface area contributed by atoms with Crippen LogP contribution >= 0.6 is 32.7 Å². The molecule has 0 amide bonds. The summed E-state index contributed by atoms with van der Waals surface area (Å²) in [5.41, 5.74) is 13.2. The predicted octanol–water partition coefficient (Wildman–Crippen LogP) is 18.9. The SMILES string of the molecule is CC1CC=CC(C)(S(CCc2ccccc2)(c2ccccc2)C2(C)C=Cc3c(c4cc(-c5ccc6sc7ccccc7c6c5)ccc4n3C3Nc4ccccc4C(c4ccc5sc6c(c5c4)C(C)CC=C6)N3)C2)C1. The molecule has 7 unspecified atom stereocenters. The highest BCUT2D eigenvalue weighted by atomic mass is 32.3. The molecule has 3 aliphatic carbocycles. The van der Waals surface area contributed by atoms with Crippen LogP contribution < -0.4 is 10.6 Å². The topological polar surface area (TPSA) is 29.0 Å². The van der Waals surface area contributed by atoms with Crippen molar-refractivity contribution >= 4 is 91.7 Å². The van der Waals surface area contributed by atoms with Crippen molar-refractivity contribution in [3.8, 4) is 11.1 Å². The highest BCUT2D eigenvalue weighted by Crippen LogP contribution is 2.77. The van der Waals surface area contributed by atoms with Gasteiger partial charge in [-0.05, 0) is 173 Å². The summed E-state index contributed by atoms with van der Waals surface area (Å²) in [4.78, 5) is 2.94. The highest BCUT2D eigenvalue weighted by molar-refractivity contribution is 8.36. The lowest BCUT2D eigenvalue weighted by atomic mass is 9.88. The zero-order chi connectivity index (χ0) is 49.8. The molecule has 2 N–H and O–H groups in total. The summed E-state index contributed by atoms with van der Waals surface area (Å²) in [6, 6.07) is 62.7.